The predicted molar refractivity (Wildman–Crippen MR) is 136 cm³/mol. The number of pyridine rings is 1. The summed E-state index contributed by atoms with van der Waals surface area (Å²) in [6.45, 7) is 7.53. The lowest BCUT2D eigenvalue weighted by molar-refractivity contribution is -0.133. The molecular weight excluding hydrogens is 465 g/mol. The molecule has 8 heteroatoms. The average molecular weight is 492 g/mol. The first-order valence-electron chi connectivity index (χ1n) is 11.7. The van der Waals surface area contributed by atoms with Crippen molar-refractivity contribution in [2.24, 2.45) is 0 Å². The second kappa shape index (κ2) is 9.76. The van der Waals surface area contributed by atoms with Crippen molar-refractivity contribution in [1.82, 2.24) is 24.6 Å². The number of amides is 1. The Bertz CT molecular complexity index is 1390. The number of benzene rings is 2. The molecule has 1 aliphatic heterocycles. The smallest absolute Gasteiger partial charge is 0.244 e. The molecule has 0 bridgehead atoms. The summed E-state index contributed by atoms with van der Waals surface area (Å²) in [5, 5.41) is 6.08. The summed E-state index contributed by atoms with van der Waals surface area (Å²) in [6, 6.07) is 14.8. The zero-order valence-corrected chi connectivity index (χ0v) is 20.6. The Labute approximate surface area is 208 Å². The van der Waals surface area contributed by atoms with E-state index in [0.717, 1.165) is 46.5 Å². The molecule has 1 saturated heterocycles. The lowest BCUT2D eigenvalue weighted by Crippen LogP contribution is -2.49. The average Bonchev–Trinajstić information content (AvgIpc) is 3.16. The van der Waals surface area contributed by atoms with Gasteiger partial charge in [0.2, 0.25) is 5.91 Å². The van der Waals surface area contributed by atoms with Crippen LogP contribution < -0.4 is 0 Å². The van der Waals surface area contributed by atoms with E-state index in [0.29, 0.717) is 24.7 Å². The van der Waals surface area contributed by atoms with Crippen LogP contribution in [0.3, 0.4) is 0 Å². The number of carbonyl (C=O) groups is 1. The van der Waals surface area contributed by atoms with Crippen molar-refractivity contribution in [2.75, 3.05) is 26.2 Å². The van der Waals surface area contributed by atoms with Crippen LogP contribution in [0.2, 0.25) is 5.02 Å². The Morgan fingerprint density at radius 2 is 1.86 bits per heavy atom. The van der Waals surface area contributed by atoms with Gasteiger partial charge in [0.15, 0.2) is 5.65 Å². The summed E-state index contributed by atoms with van der Waals surface area (Å²) in [5.41, 5.74) is 5.85. The van der Waals surface area contributed by atoms with Gasteiger partial charge in [-0.15, -0.1) is 0 Å². The number of piperazine rings is 1. The van der Waals surface area contributed by atoms with Gasteiger partial charge in [-0.05, 0) is 48.7 Å². The van der Waals surface area contributed by atoms with Gasteiger partial charge in [0, 0.05) is 49.3 Å². The second-order valence-corrected chi connectivity index (χ2v) is 9.47. The molecule has 0 radical (unpaired) electrons. The maximum Gasteiger partial charge on any atom is 0.244 e. The van der Waals surface area contributed by atoms with Gasteiger partial charge >= 0.3 is 0 Å². The van der Waals surface area contributed by atoms with Gasteiger partial charge in [0.05, 0.1) is 5.69 Å². The molecule has 1 fully saturated rings. The van der Waals surface area contributed by atoms with Gasteiger partial charge < -0.3 is 4.90 Å². The van der Waals surface area contributed by atoms with Crippen molar-refractivity contribution in [3.63, 3.8) is 0 Å². The monoisotopic (exact) mass is 491 g/mol. The molecular formula is C27H27ClFN5O. The van der Waals surface area contributed by atoms with E-state index in [-0.39, 0.29) is 18.3 Å². The standard InChI is InChI=1S/C27H27ClFN5O/c1-18-4-3-5-20(14-18)23-8-9-30-27-26(23)19(2)31-34(27)17-25(35)33-12-10-32(11-13-33)16-21-6-7-22(29)15-24(21)28/h3-9,14-15H,10-13,16-17H2,1-2H3. The van der Waals surface area contributed by atoms with Crippen LogP contribution in [0.1, 0.15) is 16.8 Å². The second-order valence-electron chi connectivity index (χ2n) is 9.06. The number of hydrogen-bond donors (Lipinski definition) is 0. The van der Waals surface area contributed by atoms with Gasteiger partial charge in [-0.3, -0.25) is 9.69 Å². The third-order valence-electron chi connectivity index (χ3n) is 6.56. The first-order valence-corrected chi connectivity index (χ1v) is 12.1. The van der Waals surface area contributed by atoms with Crippen LogP contribution in [0.15, 0.2) is 54.7 Å². The normalized spacial score (nSPS) is 14.6. The first-order chi connectivity index (χ1) is 16.9. The highest BCUT2D eigenvalue weighted by atomic mass is 35.5. The number of aromatic nitrogens is 3. The number of nitrogens with zero attached hydrogens (tertiary/aromatic N) is 5. The van der Waals surface area contributed by atoms with Crippen molar-refractivity contribution < 1.29 is 9.18 Å². The number of carbonyl (C=O) groups excluding carboxylic acids is 1. The van der Waals surface area contributed by atoms with Gasteiger partial charge in [0.25, 0.3) is 0 Å². The maximum atomic E-state index is 13.3. The molecule has 5 rings (SSSR count). The molecule has 0 aliphatic carbocycles. The Hall–Kier alpha value is -3.29. The highest BCUT2D eigenvalue weighted by Crippen LogP contribution is 2.30. The summed E-state index contributed by atoms with van der Waals surface area (Å²) in [7, 11) is 0. The van der Waals surface area contributed by atoms with Crippen molar-refractivity contribution in [1.29, 1.82) is 0 Å². The number of rotatable bonds is 5. The molecule has 1 aliphatic rings. The topological polar surface area (TPSA) is 54.3 Å². The Morgan fingerprint density at radius 1 is 1.06 bits per heavy atom. The number of hydrogen-bond acceptors (Lipinski definition) is 4. The zero-order valence-electron chi connectivity index (χ0n) is 19.8. The highest BCUT2D eigenvalue weighted by molar-refractivity contribution is 6.31. The molecule has 0 spiro atoms. The van der Waals surface area contributed by atoms with Crippen molar-refractivity contribution in [3.8, 4) is 11.1 Å². The third kappa shape index (κ3) is 4.92. The van der Waals surface area contributed by atoms with Crippen molar-refractivity contribution in [3.05, 3.63) is 82.4 Å². The van der Waals surface area contributed by atoms with E-state index in [2.05, 4.69) is 40.1 Å². The number of fused-ring (bicyclic) bond motifs is 1. The fourth-order valence-electron chi connectivity index (χ4n) is 4.72. The molecule has 2 aromatic carbocycles. The van der Waals surface area contributed by atoms with E-state index in [9.17, 15) is 9.18 Å². The quantitative estimate of drug-likeness (QED) is 0.400. The summed E-state index contributed by atoms with van der Waals surface area (Å²) in [4.78, 5) is 21.8. The lowest BCUT2D eigenvalue weighted by Gasteiger charge is -2.35. The molecule has 35 heavy (non-hydrogen) atoms. The molecule has 180 valence electrons. The minimum Gasteiger partial charge on any atom is -0.339 e. The van der Waals surface area contributed by atoms with Crippen LogP contribution in [0.5, 0.6) is 0 Å². The van der Waals surface area contributed by atoms with Gasteiger partial charge in [-0.1, -0.05) is 47.5 Å². The van der Waals surface area contributed by atoms with Crippen LogP contribution in [-0.2, 0) is 17.9 Å². The third-order valence-corrected chi connectivity index (χ3v) is 6.91. The first kappa shape index (κ1) is 23.5. The highest BCUT2D eigenvalue weighted by Gasteiger charge is 2.23. The predicted octanol–water partition coefficient (Wildman–Crippen LogP) is 4.85. The van der Waals surface area contributed by atoms with Gasteiger partial charge in [-0.2, -0.15) is 5.10 Å². The Kier molecular flexibility index (Phi) is 6.54. The largest absolute Gasteiger partial charge is 0.339 e. The summed E-state index contributed by atoms with van der Waals surface area (Å²) in [6.07, 6.45) is 1.78. The van der Waals surface area contributed by atoms with E-state index in [1.807, 2.05) is 24.0 Å². The van der Waals surface area contributed by atoms with E-state index in [1.54, 1.807) is 16.9 Å². The minimum absolute atomic E-state index is 0.0247. The Morgan fingerprint density at radius 3 is 2.60 bits per heavy atom. The van der Waals surface area contributed by atoms with Gasteiger partial charge in [-0.25, -0.2) is 14.1 Å². The van der Waals surface area contributed by atoms with E-state index >= 15 is 0 Å². The number of aryl methyl sites for hydroxylation is 2. The SMILES string of the molecule is Cc1cccc(-c2ccnc3c2c(C)nn3CC(=O)N2CCN(Cc3ccc(F)cc3Cl)CC2)c1. The lowest BCUT2D eigenvalue weighted by atomic mass is 10.0. The summed E-state index contributed by atoms with van der Waals surface area (Å²) in [5.74, 6) is -0.312. The fourth-order valence-corrected chi connectivity index (χ4v) is 4.95. The number of halogens is 2. The van der Waals surface area contributed by atoms with E-state index in [4.69, 9.17) is 11.6 Å². The molecule has 0 unspecified atom stereocenters. The molecule has 0 N–H and O–H groups in total. The fraction of sp³-hybridized carbons (Fsp3) is 0.296. The summed E-state index contributed by atoms with van der Waals surface area (Å²) < 4.78 is 15.0. The molecule has 2 aromatic heterocycles. The van der Waals surface area contributed by atoms with E-state index < -0.39 is 0 Å². The molecule has 3 heterocycles. The Balaban J connectivity index is 1.28. The minimum atomic E-state index is -0.337. The molecule has 4 aromatic rings. The van der Waals surface area contributed by atoms with Gasteiger partial charge in [0.1, 0.15) is 12.4 Å². The van der Waals surface area contributed by atoms with Crippen LogP contribution in [0, 0.1) is 19.7 Å². The van der Waals surface area contributed by atoms with Crippen LogP contribution >= 0.6 is 11.6 Å². The van der Waals surface area contributed by atoms with E-state index in [1.165, 1.54) is 17.7 Å². The van der Waals surface area contributed by atoms with Crippen molar-refractivity contribution in [2.45, 2.75) is 26.9 Å². The summed E-state index contributed by atoms with van der Waals surface area (Å²) >= 11 is 6.18. The molecule has 0 atom stereocenters. The molecule has 6 nitrogen and oxygen atoms in total. The molecule has 1 amide bonds. The maximum absolute atomic E-state index is 13.3. The van der Waals surface area contributed by atoms with Crippen LogP contribution in [-0.4, -0.2) is 56.7 Å². The van der Waals surface area contributed by atoms with Crippen LogP contribution in [0.4, 0.5) is 4.39 Å². The zero-order chi connectivity index (χ0) is 24.5. The van der Waals surface area contributed by atoms with Crippen molar-refractivity contribution >= 4 is 28.5 Å². The molecule has 0 saturated carbocycles. The van der Waals surface area contributed by atoms with Crippen LogP contribution in [0.25, 0.3) is 22.2 Å².